The number of nitrogens with one attached hydrogen (secondary N) is 2. The smallest absolute Gasteiger partial charge is 0.251 e. The lowest BCUT2D eigenvalue weighted by molar-refractivity contribution is -0.115. The second-order valence-electron chi connectivity index (χ2n) is 4.65. The van der Waals surface area contributed by atoms with Crippen LogP contribution in [0.1, 0.15) is 29.3 Å². The molecule has 0 fully saturated rings. The first-order valence-corrected chi connectivity index (χ1v) is 6.91. The van der Waals surface area contributed by atoms with Crippen LogP contribution < -0.4 is 10.6 Å². The summed E-state index contributed by atoms with van der Waals surface area (Å²) in [6, 6.07) is 16.6. The van der Waals surface area contributed by atoms with Gasteiger partial charge in [-0.25, -0.2) is 0 Å². The predicted octanol–water partition coefficient (Wildman–Crippen LogP) is 2.97. The van der Waals surface area contributed by atoms with Gasteiger partial charge in [-0.2, -0.15) is 0 Å². The number of hydrogen-bond donors (Lipinski definition) is 2. The van der Waals surface area contributed by atoms with Gasteiger partial charge in [-0.1, -0.05) is 37.3 Å². The lowest BCUT2D eigenvalue weighted by atomic mass is 10.1. The molecule has 2 N–H and O–H groups in total. The van der Waals surface area contributed by atoms with Crippen molar-refractivity contribution in [1.82, 2.24) is 5.32 Å². The normalized spacial score (nSPS) is 9.95. The zero-order valence-corrected chi connectivity index (χ0v) is 11.9. The van der Waals surface area contributed by atoms with Gasteiger partial charge in [0.25, 0.3) is 5.91 Å². The number of amides is 2. The van der Waals surface area contributed by atoms with E-state index in [0.717, 1.165) is 5.56 Å². The van der Waals surface area contributed by atoms with Crippen molar-refractivity contribution in [3.05, 3.63) is 65.7 Å². The Bertz CT molecular complexity index is 606. The quantitative estimate of drug-likeness (QED) is 0.885. The average Bonchev–Trinajstić information content (AvgIpc) is 2.54. The summed E-state index contributed by atoms with van der Waals surface area (Å²) in [6.45, 7) is 2.29. The highest BCUT2D eigenvalue weighted by Gasteiger charge is 2.05. The van der Waals surface area contributed by atoms with Gasteiger partial charge in [0, 0.05) is 24.2 Å². The van der Waals surface area contributed by atoms with E-state index in [4.69, 9.17) is 0 Å². The Morgan fingerprint density at radius 1 is 0.952 bits per heavy atom. The van der Waals surface area contributed by atoms with Crippen LogP contribution in [0, 0.1) is 0 Å². The molecule has 2 rings (SSSR count). The van der Waals surface area contributed by atoms with E-state index in [0.29, 0.717) is 24.2 Å². The summed E-state index contributed by atoms with van der Waals surface area (Å²) >= 11 is 0. The van der Waals surface area contributed by atoms with Crippen molar-refractivity contribution >= 4 is 17.5 Å². The standard InChI is InChI=1S/C17H18N2O2/c1-2-16(20)19-15-10-8-14(9-11-15)17(21)18-12-13-6-4-3-5-7-13/h3-11H,2,12H2,1H3,(H,18,21)(H,19,20). The summed E-state index contributed by atoms with van der Waals surface area (Å²) in [5, 5.41) is 5.61. The molecule has 0 unspecified atom stereocenters. The van der Waals surface area contributed by atoms with E-state index in [2.05, 4.69) is 10.6 Å². The first kappa shape index (κ1) is 14.8. The van der Waals surface area contributed by atoms with E-state index in [1.54, 1.807) is 31.2 Å². The molecule has 0 aromatic heterocycles. The topological polar surface area (TPSA) is 58.2 Å². The molecule has 4 nitrogen and oxygen atoms in total. The van der Waals surface area contributed by atoms with Gasteiger partial charge in [-0.3, -0.25) is 9.59 Å². The van der Waals surface area contributed by atoms with E-state index in [9.17, 15) is 9.59 Å². The maximum atomic E-state index is 12.0. The first-order valence-electron chi connectivity index (χ1n) is 6.91. The fourth-order valence-corrected chi connectivity index (χ4v) is 1.83. The summed E-state index contributed by atoms with van der Waals surface area (Å²) in [5.41, 5.74) is 2.32. The fraction of sp³-hybridized carbons (Fsp3) is 0.176. The van der Waals surface area contributed by atoms with Crippen molar-refractivity contribution < 1.29 is 9.59 Å². The molecule has 108 valence electrons. The molecule has 4 heteroatoms. The van der Waals surface area contributed by atoms with E-state index in [1.807, 2.05) is 30.3 Å². The maximum Gasteiger partial charge on any atom is 0.251 e. The number of hydrogen-bond acceptors (Lipinski definition) is 2. The SMILES string of the molecule is CCC(=O)Nc1ccc(C(=O)NCc2ccccc2)cc1. The van der Waals surface area contributed by atoms with Crippen molar-refractivity contribution in [3.8, 4) is 0 Å². The molecule has 2 amide bonds. The minimum atomic E-state index is -0.132. The Kier molecular flexibility index (Phi) is 5.10. The third-order valence-corrected chi connectivity index (χ3v) is 3.05. The van der Waals surface area contributed by atoms with Gasteiger partial charge in [0.15, 0.2) is 0 Å². The van der Waals surface area contributed by atoms with Gasteiger partial charge < -0.3 is 10.6 Å². The van der Waals surface area contributed by atoms with Crippen molar-refractivity contribution in [2.75, 3.05) is 5.32 Å². The minimum absolute atomic E-state index is 0.0451. The van der Waals surface area contributed by atoms with Crippen LogP contribution in [0.4, 0.5) is 5.69 Å². The monoisotopic (exact) mass is 282 g/mol. The van der Waals surface area contributed by atoms with Crippen LogP contribution in [0.25, 0.3) is 0 Å². The Balaban J connectivity index is 1.92. The molecular formula is C17H18N2O2. The lowest BCUT2D eigenvalue weighted by Crippen LogP contribution is -2.22. The number of carbonyl (C=O) groups excluding carboxylic acids is 2. The van der Waals surface area contributed by atoms with Gasteiger partial charge in [-0.15, -0.1) is 0 Å². The molecule has 0 saturated heterocycles. The number of rotatable bonds is 5. The zero-order chi connectivity index (χ0) is 15.1. The molecule has 2 aromatic rings. The predicted molar refractivity (Wildman–Crippen MR) is 83.0 cm³/mol. The third-order valence-electron chi connectivity index (χ3n) is 3.05. The highest BCUT2D eigenvalue weighted by molar-refractivity contribution is 5.95. The summed E-state index contributed by atoms with van der Waals surface area (Å²) in [7, 11) is 0. The molecule has 2 aromatic carbocycles. The largest absolute Gasteiger partial charge is 0.348 e. The number of anilines is 1. The van der Waals surface area contributed by atoms with E-state index in [-0.39, 0.29) is 11.8 Å². The van der Waals surface area contributed by atoms with E-state index in [1.165, 1.54) is 0 Å². The summed E-state index contributed by atoms with van der Waals surface area (Å²) in [6.07, 6.45) is 0.430. The van der Waals surface area contributed by atoms with Crippen molar-refractivity contribution in [2.24, 2.45) is 0 Å². The van der Waals surface area contributed by atoms with Crippen LogP contribution in [0.5, 0.6) is 0 Å². The third kappa shape index (κ3) is 4.45. The molecule has 21 heavy (non-hydrogen) atoms. The molecule has 0 heterocycles. The second-order valence-corrected chi connectivity index (χ2v) is 4.65. The lowest BCUT2D eigenvalue weighted by Gasteiger charge is -2.07. The molecular weight excluding hydrogens is 264 g/mol. The van der Waals surface area contributed by atoms with Crippen molar-refractivity contribution in [2.45, 2.75) is 19.9 Å². The molecule has 0 spiro atoms. The Labute approximate surface area is 124 Å². The molecule has 0 aliphatic heterocycles. The van der Waals surface area contributed by atoms with Crippen molar-refractivity contribution in [1.29, 1.82) is 0 Å². The van der Waals surface area contributed by atoms with Crippen LogP contribution in [-0.4, -0.2) is 11.8 Å². The van der Waals surface area contributed by atoms with Gasteiger partial charge in [-0.05, 0) is 29.8 Å². The van der Waals surface area contributed by atoms with Crippen LogP contribution in [0.3, 0.4) is 0 Å². The molecule has 0 atom stereocenters. The van der Waals surface area contributed by atoms with Gasteiger partial charge in [0.2, 0.25) is 5.91 Å². The molecule has 0 radical (unpaired) electrons. The molecule has 0 bridgehead atoms. The second kappa shape index (κ2) is 7.24. The van der Waals surface area contributed by atoms with E-state index < -0.39 is 0 Å². The highest BCUT2D eigenvalue weighted by Crippen LogP contribution is 2.10. The average molecular weight is 282 g/mol. The zero-order valence-electron chi connectivity index (χ0n) is 11.9. The van der Waals surface area contributed by atoms with Gasteiger partial charge in [0.1, 0.15) is 0 Å². The maximum absolute atomic E-state index is 12.0. The minimum Gasteiger partial charge on any atom is -0.348 e. The number of benzene rings is 2. The molecule has 0 saturated carbocycles. The summed E-state index contributed by atoms with van der Waals surface area (Å²) in [4.78, 5) is 23.3. The number of carbonyl (C=O) groups is 2. The Morgan fingerprint density at radius 3 is 2.24 bits per heavy atom. The summed E-state index contributed by atoms with van der Waals surface area (Å²) in [5.74, 6) is -0.177. The van der Waals surface area contributed by atoms with Crippen LogP contribution in [-0.2, 0) is 11.3 Å². The Morgan fingerprint density at radius 2 is 1.62 bits per heavy atom. The van der Waals surface area contributed by atoms with E-state index >= 15 is 0 Å². The fourth-order valence-electron chi connectivity index (χ4n) is 1.83. The molecule has 0 aliphatic rings. The van der Waals surface area contributed by atoms with Gasteiger partial charge >= 0.3 is 0 Å². The van der Waals surface area contributed by atoms with Crippen LogP contribution >= 0.6 is 0 Å². The highest BCUT2D eigenvalue weighted by atomic mass is 16.2. The van der Waals surface area contributed by atoms with Crippen LogP contribution in [0.2, 0.25) is 0 Å². The molecule has 0 aliphatic carbocycles. The summed E-state index contributed by atoms with van der Waals surface area (Å²) < 4.78 is 0. The van der Waals surface area contributed by atoms with Crippen molar-refractivity contribution in [3.63, 3.8) is 0 Å². The Hall–Kier alpha value is -2.62. The van der Waals surface area contributed by atoms with Crippen LogP contribution in [0.15, 0.2) is 54.6 Å². The first-order chi connectivity index (χ1) is 10.2. The van der Waals surface area contributed by atoms with Gasteiger partial charge in [0.05, 0.1) is 0 Å².